The van der Waals surface area contributed by atoms with E-state index in [-0.39, 0.29) is 11.1 Å². The SMILES string of the molecule is CC(C)C(C)(C)N1CCOC(C)(C)C1. The van der Waals surface area contributed by atoms with Crippen molar-refractivity contribution in [3.63, 3.8) is 0 Å². The van der Waals surface area contributed by atoms with E-state index in [1.54, 1.807) is 0 Å². The number of rotatable bonds is 2. The highest BCUT2D eigenvalue weighted by Crippen LogP contribution is 2.28. The Morgan fingerprint density at radius 3 is 2.29 bits per heavy atom. The molecule has 1 aliphatic rings. The molecule has 0 aromatic carbocycles. The molecule has 14 heavy (non-hydrogen) atoms. The molecule has 2 heteroatoms. The third-order valence-corrected chi connectivity index (χ3v) is 3.65. The molecule has 0 unspecified atom stereocenters. The topological polar surface area (TPSA) is 12.5 Å². The van der Waals surface area contributed by atoms with Crippen LogP contribution in [0.1, 0.15) is 41.5 Å². The third-order valence-electron chi connectivity index (χ3n) is 3.65. The molecule has 84 valence electrons. The van der Waals surface area contributed by atoms with Crippen LogP contribution in [0.25, 0.3) is 0 Å². The first kappa shape index (κ1) is 12.0. The van der Waals surface area contributed by atoms with Gasteiger partial charge >= 0.3 is 0 Å². The van der Waals surface area contributed by atoms with Crippen molar-refractivity contribution in [3.8, 4) is 0 Å². The van der Waals surface area contributed by atoms with Crippen LogP contribution in [0.3, 0.4) is 0 Å². The fourth-order valence-electron chi connectivity index (χ4n) is 1.87. The van der Waals surface area contributed by atoms with Crippen LogP contribution in [0, 0.1) is 5.92 Å². The first-order chi connectivity index (χ1) is 6.26. The lowest BCUT2D eigenvalue weighted by atomic mass is 9.87. The Morgan fingerprint density at radius 2 is 1.86 bits per heavy atom. The lowest BCUT2D eigenvalue weighted by molar-refractivity contribution is -0.118. The highest BCUT2D eigenvalue weighted by atomic mass is 16.5. The molecule has 0 aliphatic carbocycles. The predicted molar refractivity (Wildman–Crippen MR) is 60.5 cm³/mol. The molecule has 0 atom stereocenters. The molecule has 0 saturated carbocycles. The number of hydrogen-bond acceptors (Lipinski definition) is 2. The molecule has 0 amide bonds. The highest BCUT2D eigenvalue weighted by molar-refractivity contribution is 4.90. The predicted octanol–water partition coefficient (Wildman–Crippen LogP) is 2.53. The van der Waals surface area contributed by atoms with E-state index in [9.17, 15) is 0 Å². The summed E-state index contributed by atoms with van der Waals surface area (Å²) in [4.78, 5) is 2.56. The number of morpholine rings is 1. The maximum absolute atomic E-state index is 5.73. The van der Waals surface area contributed by atoms with Gasteiger partial charge in [-0.15, -0.1) is 0 Å². The minimum Gasteiger partial charge on any atom is -0.373 e. The standard InChI is InChI=1S/C12H25NO/c1-10(2)12(5,6)13-7-8-14-11(3,4)9-13/h10H,7-9H2,1-6H3. The van der Waals surface area contributed by atoms with E-state index < -0.39 is 0 Å². The largest absolute Gasteiger partial charge is 0.373 e. The first-order valence-corrected chi connectivity index (χ1v) is 5.65. The van der Waals surface area contributed by atoms with Crippen molar-refractivity contribution in [2.45, 2.75) is 52.7 Å². The molecule has 0 N–H and O–H groups in total. The van der Waals surface area contributed by atoms with Gasteiger partial charge in [0.2, 0.25) is 0 Å². The number of hydrogen-bond donors (Lipinski definition) is 0. The summed E-state index contributed by atoms with van der Waals surface area (Å²) in [6.45, 7) is 16.6. The Bertz CT molecular complexity index is 196. The van der Waals surface area contributed by atoms with Crippen LogP contribution in [0.15, 0.2) is 0 Å². The Balaban J connectivity index is 2.69. The molecular weight excluding hydrogens is 174 g/mol. The van der Waals surface area contributed by atoms with Gasteiger partial charge < -0.3 is 4.74 Å². The molecule has 0 radical (unpaired) electrons. The summed E-state index contributed by atoms with van der Waals surface area (Å²) in [6, 6.07) is 0. The molecule has 1 heterocycles. The zero-order chi connectivity index (χ0) is 11.0. The lowest BCUT2D eigenvalue weighted by Crippen LogP contribution is -2.58. The fraction of sp³-hybridized carbons (Fsp3) is 1.00. The number of nitrogens with zero attached hydrogens (tertiary/aromatic N) is 1. The van der Waals surface area contributed by atoms with Crippen LogP contribution in [0.4, 0.5) is 0 Å². The first-order valence-electron chi connectivity index (χ1n) is 5.65. The van der Waals surface area contributed by atoms with Gasteiger partial charge in [0, 0.05) is 18.6 Å². The normalized spacial score (nSPS) is 24.2. The van der Waals surface area contributed by atoms with E-state index in [0.717, 1.165) is 19.7 Å². The molecule has 0 aromatic heterocycles. The summed E-state index contributed by atoms with van der Waals surface area (Å²) in [6.07, 6.45) is 0. The van der Waals surface area contributed by atoms with Gasteiger partial charge in [0.1, 0.15) is 0 Å². The van der Waals surface area contributed by atoms with E-state index in [1.807, 2.05) is 0 Å². The Morgan fingerprint density at radius 1 is 1.29 bits per heavy atom. The minimum atomic E-state index is 0.0183. The molecule has 1 saturated heterocycles. The second-order valence-electron chi connectivity index (χ2n) is 5.84. The third kappa shape index (κ3) is 2.48. The van der Waals surface area contributed by atoms with Gasteiger partial charge in [-0.05, 0) is 33.6 Å². The van der Waals surface area contributed by atoms with Crippen LogP contribution in [-0.4, -0.2) is 35.7 Å². The second-order valence-corrected chi connectivity index (χ2v) is 5.84. The summed E-state index contributed by atoms with van der Waals surface area (Å²) in [5.41, 5.74) is 0.297. The van der Waals surface area contributed by atoms with Crippen LogP contribution in [-0.2, 0) is 4.74 Å². The molecule has 1 aliphatic heterocycles. The van der Waals surface area contributed by atoms with Gasteiger partial charge in [0.05, 0.1) is 12.2 Å². The average Bonchev–Trinajstić information content (AvgIpc) is 2.02. The Labute approximate surface area is 88.6 Å². The summed E-state index contributed by atoms with van der Waals surface area (Å²) in [5, 5.41) is 0. The number of ether oxygens (including phenoxy) is 1. The Hall–Kier alpha value is -0.0800. The van der Waals surface area contributed by atoms with Crippen LogP contribution in [0.5, 0.6) is 0 Å². The monoisotopic (exact) mass is 199 g/mol. The van der Waals surface area contributed by atoms with Gasteiger partial charge in [0.25, 0.3) is 0 Å². The quantitative estimate of drug-likeness (QED) is 0.677. The lowest BCUT2D eigenvalue weighted by Gasteiger charge is -2.48. The zero-order valence-electron chi connectivity index (χ0n) is 10.6. The zero-order valence-corrected chi connectivity index (χ0v) is 10.6. The van der Waals surface area contributed by atoms with Gasteiger partial charge in [-0.1, -0.05) is 13.8 Å². The van der Waals surface area contributed by atoms with Crippen molar-refractivity contribution in [1.29, 1.82) is 0 Å². The summed E-state index contributed by atoms with van der Waals surface area (Å²) >= 11 is 0. The average molecular weight is 199 g/mol. The van der Waals surface area contributed by atoms with Crippen LogP contribution >= 0.6 is 0 Å². The molecular formula is C12H25NO. The highest BCUT2D eigenvalue weighted by Gasteiger charge is 2.36. The van der Waals surface area contributed by atoms with Gasteiger partial charge in [-0.25, -0.2) is 0 Å². The van der Waals surface area contributed by atoms with E-state index in [2.05, 4.69) is 46.4 Å². The van der Waals surface area contributed by atoms with Crippen molar-refractivity contribution >= 4 is 0 Å². The van der Waals surface area contributed by atoms with Gasteiger partial charge in [-0.3, -0.25) is 4.90 Å². The Kier molecular flexibility index (Phi) is 3.27. The minimum absolute atomic E-state index is 0.0183. The second kappa shape index (κ2) is 3.82. The van der Waals surface area contributed by atoms with E-state index in [4.69, 9.17) is 4.74 Å². The maximum Gasteiger partial charge on any atom is 0.0753 e. The van der Waals surface area contributed by atoms with Gasteiger partial charge in [0.15, 0.2) is 0 Å². The van der Waals surface area contributed by atoms with Crippen molar-refractivity contribution in [2.75, 3.05) is 19.7 Å². The smallest absolute Gasteiger partial charge is 0.0753 e. The van der Waals surface area contributed by atoms with Gasteiger partial charge in [-0.2, -0.15) is 0 Å². The van der Waals surface area contributed by atoms with Crippen LogP contribution < -0.4 is 0 Å². The fourth-order valence-corrected chi connectivity index (χ4v) is 1.87. The maximum atomic E-state index is 5.73. The molecule has 1 rings (SSSR count). The van der Waals surface area contributed by atoms with Crippen molar-refractivity contribution in [1.82, 2.24) is 4.90 Å². The molecule has 0 spiro atoms. The molecule has 1 fully saturated rings. The van der Waals surface area contributed by atoms with E-state index in [0.29, 0.717) is 5.92 Å². The molecule has 0 bridgehead atoms. The van der Waals surface area contributed by atoms with Crippen molar-refractivity contribution in [3.05, 3.63) is 0 Å². The van der Waals surface area contributed by atoms with Crippen LogP contribution in [0.2, 0.25) is 0 Å². The van der Waals surface area contributed by atoms with E-state index >= 15 is 0 Å². The van der Waals surface area contributed by atoms with Crippen molar-refractivity contribution < 1.29 is 4.74 Å². The molecule has 2 nitrogen and oxygen atoms in total. The van der Waals surface area contributed by atoms with E-state index in [1.165, 1.54) is 0 Å². The summed E-state index contributed by atoms with van der Waals surface area (Å²) in [5.74, 6) is 0.677. The summed E-state index contributed by atoms with van der Waals surface area (Å²) in [7, 11) is 0. The van der Waals surface area contributed by atoms with Crippen molar-refractivity contribution in [2.24, 2.45) is 5.92 Å². The summed E-state index contributed by atoms with van der Waals surface area (Å²) < 4.78 is 5.73. The molecule has 0 aromatic rings.